The first-order valence-corrected chi connectivity index (χ1v) is 11.7. The van der Waals surface area contributed by atoms with Crippen molar-refractivity contribution in [2.24, 2.45) is 0 Å². The van der Waals surface area contributed by atoms with Crippen molar-refractivity contribution in [1.82, 2.24) is 14.5 Å². The third-order valence-corrected chi connectivity index (χ3v) is 4.91. The van der Waals surface area contributed by atoms with Crippen LogP contribution in [-0.2, 0) is 25.7 Å². The number of unbranched alkanes of at least 4 members (excludes halogenated alkanes) is 2. The van der Waals surface area contributed by atoms with Gasteiger partial charge in [0.25, 0.3) is 5.56 Å². The van der Waals surface area contributed by atoms with Gasteiger partial charge in [0.2, 0.25) is 0 Å². The minimum atomic E-state index is -2.19. The van der Waals surface area contributed by atoms with E-state index < -0.39 is 23.9 Å². The van der Waals surface area contributed by atoms with E-state index >= 15 is 0 Å². The molecule has 1 aromatic carbocycles. The average Bonchev–Trinajstić information content (AvgIpc) is 2.86. The molecule has 0 amide bonds. The average molecular weight is 522 g/mol. The molecule has 0 N–H and O–H groups in total. The molecule has 13 heteroatoms. The minimum Gasteiger partial charge on any atom is -0.543 e. The lowest BCUT2D eigenvalue weighted by Crippen LogP contribution is -2.42. The van der Waals surface area contributed by atoms with Gasteiger partial charge in [-0.25, -0.2) is 4.98 Å². The summed E-state index contributed by atoms with van der Waals surface area (Å²) in [7, 11) is 0. The molecule has 0 saturated carbocycles. The number of fused-ring (bicyclic) bond motifs is 1. The number of nitrogens with zero attached hydrogens (tertiary/aromatic N) is 3. The van der Waals surface area contributed by atoms with Crippen LogP contribution in [0.5, 0.6) is 5.75 Å². The molecule has 0 aliphatic heterocycles. The van der Waals surface area contributed by atoms with Crippen LogP contribution in [0.15, 0.2) is 29.3 Å². The molecule has 37 heavy (non-hydrogen) atoms. The van der Waals surface area contributed by atoms with Gasteiger partial charge in [-0.1, -0.05) is 27.2 Å². The summed E-state index contributed by atoms with van der Waals surface area (Å²) in [4.78, 5) is 55.2. The van der Waals surface area contributed by atoms with Crippen LogP contribution < -0.4 is 30.7 Å². The predicted octanol–water partition coefficient (Wildman–Crippen LogP) is -3.33. The molecule has 0 fully saturated rings. The van der Waals surface area contributed by atoms with Crippen LogP contribution >= 0.6 is 0 Å². The van der Waals surface area contributed by atoms with Gasteiger partial charge in [-0.2, -0.15) is 0 Å². The Labute approximate surface area is 213 Å². The number of hydrogen-bond donors (Lipinski definition) is 0. The number of rotatable bonds is 11. The zero-order chi connectivity index (χ0) is 28.4. The van der Waals surface area contributed by atoms with E-state index in [1.807, 2.05) is 18.2 Å². The van der Waals surface area contributed by atoms with Crippen molar-refractivity contribution < 1.29 is 44.3 Å². The molecule has 0 atom stereocenters. The van der Waals surface area contributed by atoms with Gasteiger partial charge >= 0.3 is 0 Å². The lowest BCUT2D eigenvalue weighted by atomic mass is 10.2. The predicted molar refractivity (Wildman–Crippen MR) is 123 cm³/mol. The number of aromatic nitrogens is 2. The summed E-state index contributed by atoms with van der Waals surface area (Å²) in [5.74, 6) is -7.96. The van der Waals surface area contributed by atoms with E-state index in [1.54, 1.807) is 10.9 Å². The van der Waals surface area contributed by atoms with E-state index in [9.17, 15) is 4.79 Å². The van der Waals surface area contributed by atoms with E-state index in [0.717, 1.165) is 57.6 Å². The fourth-order valence-electron chi connectivity index (χ4n) is 2.88. The number of carboxylic acids is 4. The van der Waals surface area contributed by atoms with Crippen LogP contribution in [0.4, 0.5) is 0 Å². The van der Waals surface area contributed by atoms with Gasteiger partial charge in [-0.15, -0.1) is 0 Å². The van der Waals surface area contributed by atoms with Crippen molar-refractivity contribution in [1.29, 1.82) is 0 Å². The molecular formula is C24H31N3O10-4. The fraction of sp³-hybridized carbons (Fsp3) is 0.500. The Morgan fingerprint density at radius 3 is 1.95 bits per heavy atom. The fourth-order valence-corrected chi connectivity index (χ4v) is 2.88. The second kappa shape index (κ2) is 18.3. The first-order chi connectivity index (χ1) is 17.5. The summed E-state index contributed by atoms with van der Waals surface area (Å²) in [6.45, 7) is 11.2. The highest BCUT2D eigenvalue weighted by Crippen LogP contribution is 2.17. The lowest BCUT2D eigenvalue weighted by Gasteiger charge is -2.17. The summed E-state index contributed by atoms with van der Waals surface area (Å²) < 4.78 is 7.42. The van der Waals surface area contributed by atoms with Gasteiger partial charge in [0.05, 0.1) is 47.7 Å². The van der Waals surface area contributed by atoms with E-state index in [2.05, 4.69) is 30.7 Å². The monoisotopic (exact) mass is 521 g/mol. The van der Waals surface area contributed by atoms with Crippen LogP contribution in [0, 0.1) is 0 Å². The maximum absolute atomic E-state index is 12.6. The van der Waals surface area contributed by atoms with Crippen molar-refractivity contribution in [3.63, 3.8) is 0 Å². The van der Waals surface area contributed by atoms with E-state index in [1.165, 1.54) is 0 Å². The maximum Gasteiger partial charge on any atom is 0.261 e. The molecule has 0 saturated heterocycles. The quantitative estimate of drug-likeness (QED) is 0.210. The summed E-state index contributed by atoms with van der Waals surface area (Å²) in [5.41, 5.74) is 0.742. The molecule has 1 aromatic heterocycles. The normalized spacial score (nSPS) is 10.1. The standard InChI is InChI=1S/C20H31N3O2.2C2H2O4/c1-4-7-14-25-17-10-11-18-19(15-17)21-16-23(20(18)24)13-9-8-12-22(5-2)6-3;2*3-1(4)2(5)6/h10-11,15-16H,4-9,12-14H2,1-3H3;2*(H,3,4)(H,5,6)/p-4. The van der Waals surface area contributed by atoms with E-state index in [-0.39, 0.29) is 5.56 Å². The molecule has 2 rings (SSSR count). The molecule has 0 bridgehead atoms. The Bertz CT molecular complexity index is 1030. The van der Waals surface area contributed by atoms with Crippen molar-refractivity contribution in [3.05, 3.63) is 34.9 Å². The second-order valence-electron chi connectivity index (χ2n) is 7.51. The largest absolute Gasteiger partial charge is 0.543 e. The number of aryl methyl sites for hydroxylation is 1. The summed E-state index contributed by atoms with van der Waals surface area (Å²) >= 11 is 0. The first kappa shape index (κ1) is 33.0. The molecule has 206 valence electrons. The van der Waals surface area contributed by atoms with Crippen LogP contribution in [0.25, 0.3) is 10.9 Å². The molecule has 0 unspecified atom stereocenters. The second-order valence-corrected chi connectivity index (χ2v) is 7.51. The molecule has 0 spiro atoms. The highest BCUT2D eigenvalue weighted by Gasteiger charge is 2.06. The van der Waals surface area contributed by atoms with Crippen molar-refractivity contribution in [2.75, 3.05) is 26.2 Å². The van der Waals surface area contributed by atoms with E-state index in [4.69, 9.17) is 44.3 Å². The molecule has 0 aliphatic rings. The lowest BCUT2D eigenvalue weighted by molar-refractivity contribution is -0.345. The summed E-state index contributed by atoms with van der Waals surface area (Å²) in [5, 5.41) is 36.4. The Hall–Kier alpha value is -4.00. The molecule has 13 nitrogen and oxygen atoms in total. The zero-order valence-corrected chi connectivity index (χ0v) is 21.1. The highest BCUT2D eigenvalue weighted by atomic mass is 16.5. The number of carbonyl (C=O) groups is 4. The zero-order valence-electron chi connectivity index (χ0n) is 21.1. The Balaban J connectivity index is 0.000000896. The van der Waals surface area contributed by atoms with Gasteiger partial charge in [0.1, 0.15) is 5.75 Å². The molecule has 0 aliphatic carbocycles. The Kier molecular flexibility index (Phi) is 16.3. The van der Waals surface area contributed by atoms with Gasteiger partial charge in [-0.05, 0) is 51.0 Å². The van der Waals surface area contributed by atoms with Crippen molar-refractivity contribution >= 4 is 34.8 Å². The third-order valence-electron chi connectivity index (χ3n) is 4.91. The number of benzene rings is 1. The molecule has 2 aromatic rings. The summed E-state index contributed by atoms with van der Waals surface area (Å²) in [6, 6.07) is 5.56. The molecule has 1 heterocycles. The first-order valence-electron chi connectivity index (χ1n) is 11.7. The van der Waals surface area contributed by atoms with Gasteiger partial charge < -0.3 is 49.2 Å². The number of ether oxygens (including phenoxy) is 1. The van der Waals surface area contributed by atoms with Gasteiger partial charge in [0, 0.05) is 12.6 Å². The topological polar surface area (TPSA) is 208 Å². The van der Waals surface area contributed by atoms with Crippen LogP contribution in [-0.4, -0.2) is 64.6 Å². The number of carboxylic acid groups (broad SMARTS) is 4. The maximum atomic E-state index is 12.6. The van der Waals surface area contributed by atoms with Crippen LogP contribution in [0.3, 0.4) is 0 Å². The third kappa shape index (κ3) is 13.6. The highest BCUT2D eigenvalue weighted by molar-refractivity contribution is 6.25. The minimum absolute atomic E-state index is 0.0351. The van der Waals surface area contributed by atoms with Crippen LogP contribution in [0.2, 0.25) is 0 Å². The van der Waals surface area contributed by atoms with Crippen molar-refractivity contribution in [3.8, 4) is 5.75 Å². The summed E-state index contributed by atoms with van der Waals surface area (Å²) in [6.07, 6.45) is 5.88. The van der Waals surface area contributed by atoms with Gasteiger partial charge in [-0.3, -0.25) is 9.36 Å². The Morgan fingerprint density at radius 2 is 1.46 bits per heavy atom. The van der Waals surface area contributed by atoms with E-state index in [0.29, 0.717) is 17.5 Å². The van der Waals surface area contributed by atoms with Crippen LogP contribution in [0.1, 0.15) is 46.5 Å². The van der Waals surface area contributed by atoms with Gasteiger partial charge in [0.15, 0.2) is 0 Å². The SMILES string of the molecule is CCCCOc1ccc2c(=O)n(CCCCN(CC)CC)cnc2c1.O=C([O-])C(=O)[O-].O=C([O-])C(=O)[O-]. The number of carbonyl (C=O) groups excluding carboxylic acids is 4. The molecular weight excluding hydrogens is 490 g/mol. The van der Waals surface area contributed by atoms with Crippen molar-refractivity contribution in [2.45, 2.75) is 53.0 Å². The smallest absolute Gasteiger partial charge is 0.261 e. The number of aliphatic carboxylic acids is 4. The molecule has 0 radical (unpaired) electrons. The number of hydrogen-bond acceptors (Lipinski definition) is 12. The Morgan fingerprint density at radius 1 is 0.892 bits per heavy atom.